The first-order chi connectivity index (χ1) is 20.4. The van der Waals surface area contributed by atoms with Gasteiger partial charge in [-0.05, 0) is 50.8 Å². The number of fused-ring (bicyclic) bond motifs is 1. The highest BCUT2D eigenvalue weighted by Crippen LogP contribution is 2.30. The maximum Gasteiger partial charge on any atom is 0.253 e. The summed E-state index contributed by atoms with van der Waals surface area (Å²) in [4.78, 5) is 41.2. The van der Waals surface area contributed by atoms with E-state index in [0.29, 0.717) is 48.1 Å². The van der Waals surface area contributed by atoms with Crippen molar-refractivity contribution in [1.82, 2.24) is 24.8 Å². The molecule has 0 bridgehead atoms. The van der Waals surface area contributed by atoms with E-state index in [1.807, 2.05) is 63.3 Å². The number of amides is 2. The van der Waals surface area contributed by atoms with Gasteiger partial charge < -0.3 is 25.4 Å². The summed E-state index contributed by atoms with van der Waals surface area (Å²) in [5, 5.41) is 16.8. The number of rotatable bonds is 8. The molecular formula is C32H36N8O2. The molecule has 0 saturated carbocycles. The molecule has 4 aromatic rings. The predicted octanol–water partition coefficient (Wildman–Crippen LogP) is 4.91. The Bertz CT molecular complexity index is 1600. The Hall–Kier alpha value is -5.01. The van der Waals surface area contributed by atoms with E-state index in [2.05, 4.69) is 31.7 Å². The number of aromatic amines is 1. The number of carbonyl (C=O) groups is 2. The Balaban J connectivity index is 0.00000198. The lowest BCUT2D eigenvalue weighted by atomic mass is 10.1. The summed E-state index contributed by atoms with van der Waals surface area (Å²) in [5.41, 5.74) is 3.93. The minimum Gasteiger partial charge on any atom is -0.360 e. The van der Waals surface area contributed by atoms with Gasteiger partial charge in [0.25, 0.3) is 5.91 Å². The first-order valence-electron chi connectivity index (χ1n) is 14.0. The molecule has 1 unspecified atom stereocenters. The van der Waals surface area contributed by atoms with E-state index in [1.54, 1.807) is 35.2 Å². The Morgan fingerprint density at radius 3 is 2.67 bits per heavy atom. The first kappa shape index (κ1) is 30.0. The number of likely N-dealkylation sites (tertiary alicyclic amines) is 1. The molecule has 2 aromatic heterocycles. The van der Waals surface area contributed by atoms with Crippen LogP contribution in [0.1, 0.15) is 36.2 Å². The molecule has 1 fully saturated rings. The quantitative estimate of drug-likeness (QED) is 0.259. The maximum absolute atomic E-state index is 13.1. The predicted molar refractivity (Wildman–Crippen MR) is 166 cm³/mol. The van der Waals surface area contributed by atoms with Crippen molar-refractivity contribution >= 4 is 34.4 Å². The first-order valence-corrected chi connectivity index (χ1v) is 14.0. The van der Waals surface area contributed by atoms with Crippen molar-refractivity contribution in [2.45, 2.75) is 26.3 Å². The number of hydrogen-bond acceptors (Lipinski definition) is 7. The number of nitriles is 1. The van der Waals surface area contributed by atoms with Crippen molar-refractivity contribution in [3.63, 3.8) is 0 Å². The third kappa shape index (κ3) is 7.19. The second-order valence-corrected chi connectivity index (χ2v) is 9.93. The number of carbonyl (C=O) groups excluding carboxylic acids is 2. The molecule has 0 radical (unpaired) electrons. The molecule has 0 spiro atoms. The van der Waals surface area contributed by atoms with Crippen LogP contribution in [0.15, 0.2) is 73.1 Å². The molecule has 10 heteroatoms. The largest absolute Gasteiger partial charge is 0.360 e. The highest BCUT2D eigenvalue weighted by Gasteiger charge is 2.28. The molecule has 1 atom stereocenters. The molecule has 0 aliphatic carbocycles. The fourth-order valence-electron chi connectivity index (χ4n) is 4.68. The molecule has 3 N–H and O–H groups in total. The molecule has 3 heterocycles. The van der Waals surface area contributed by atoms with Crippen LogP contribution in [-0.4, -0.2) is 76.3 Å². The summed E-state index contributed by atoms with van der Waals surface area (Å²) in [6.45, 7) is 5.77. The van der Waals surface area contributed by atoms with Crippen LogP contribution in [0.3, 0.4) is 0 Å². The van der Waals surface area contributed by atoms with Gasteiger partial charge in [0.05, 0.1) is 17.5 Å². The van der Waals surface area contributed by atoms with Gasteiger partial charge in [-0.25, -0.2) is 9.97 Å². The van der Waals surface area contributed by atoms with Crippen LogP contribution in [-0.2, 0) is 4.79 Å². The SMILES string of the molecule is CC.CN(C)C/C=C/C(=O)Nc1ccc(C(=O)N2CCC(Nc3ncc(C#N)c(-c4c[nH]c5ccccc45)n3)C2)cc1. The van der Waals surface area contributed by atoms with Crippen LogP contribution in [0.25, 0.3) is 22.2 Å². The van der Waals surface area contributed by atoms with E-state index in [9.17, 15) is 14.9 Å². The highest BCUT2D eigenvalue weighted by atomic mass is 16.2. The zero-order valence-electron chi connectivity index (χ0n) is 24.4. The summed E-state index contributed by atoms with van der Waals surface area (Å²) >= 11 is 0. The third-order valence-corrected chi connectivity index (χ3v) is 6.70. The molecule has 2 aromatic carbocycles. The number of nitrogens with one attached hydrogen (secondary N) is 3. The monoisotopic (exact) mass is 564 g/mol. The smallest absolute Gasteiger partial charge is 0.253 e. The number of aromatic nitrogens is 3. The van der Waals surface area contributed by atoms with Crippen molar-refractivity contribution in [2.75, 3.05) is 44.4 Å². The molecule has 1 aliphatic heterocycles. The van der Waals surface area contributed by atoms with E-state index in [1.165, 1.54) is 12.3 Å². The average Bonchev–Trinajstić information content (AvgIpc) is 3.65. The number of anilines is 2. The minimum absolute atomic E-state index is 0.0276. The van der Waals surface area contributed by atoms with Crippen molar-refractivity contribution in [2.24, 2.45) is 0 Å². The van der Waals surface area contributed by atoms with Crippen LogP contribution >= 0.6 is 0 Å². The summed E-state index contributed by atoms with van der Waals surface area (Å²) < 4.78 is 0. The summed E-state index contributed by atoms with van der Waals surface area (Å²) in [6.07, 6.45) is 7.41. The lowest BCUT2D eigenvalue weighted by Gasteiger charge is -2.18. The van der Waals surface area contributed by atoms with Gasteiger partial charge in [-0.2, -0.15) is 5.26 Å². The Morgan fingerprint density at radius 2 is 1.93 bits per heavy atom. The molecule has 2 amide bonds. The fraction of sp³-hybridized carbons (Fsp3) is 0.281. The van der Waals surface area contributed by atoms with Crippen LogP contribution in [0.5, 0.6) is 0 Å². The third-order valence-electron chi connectivity index (χ3n) is 6.70. The number of H-pyrrole nitrogens is 1. The van der Waals surface area contributed by atoms with E-state index in [4.69, 9.17) is 0 Å². The Labute approximate surface area is 246 Å². The van der Waals surface area contributed by atoms with E-state index in [-0.39, 0.29) is 17.9 Å². The van der Waals surface area contributed by atoms with Gasteiger partial charge >= 0.3 is 0 Å². The number of nitrogens with zero attached hydrogens (tertiary/aromatic N) is 5. The molecular weight excluding hydrogens is 528 g/mol. The second-order valence-electron chi connectivity index (χ2n) is 9.93. The average molecular weight is 565 g/mol. The molecule has 1 saturated heterocycles. The van der Waals surface area contributed by atoms with Gasteiger partial charge in [-0.15, -0.1) is 0 Å². The normalized spacial score (nSPS) is 14.5. The zero-order chi connectivity index (χ0) is 30.1. The van der Waals surface area contributed by atoms with Crippen molar-refractivity contribution < 1.29 is 9.59 Å². The Kier molecular flexibility index (Phi) is 10.0. The summed E-state index contributed by atoms with van der Waals surface area (Å²) in [7, 11) is 3.86. The van der Waals surface area contributed by atoms with E-state index >= 15 is 0 Å². The minimum atomic E-state index is -0.216. The molecule has 10 nitrogen and oxygen atoms in total. The zero-order valence-corrected chi connectivity index (χ0v) is 24.4. The van der Waals surface area contributed by atoms with Crippen molar-refractivity contribution in [3.8, 4) is 17.3 Å². The topological polar surface area (TPSA) is 130 Å². The van der Waals surface area contributed by atoms with Crippen LogP contribution in [0.4, 0.5) is 11.6 Å². The van der Waals surface area contributed by atoms with E-state index < -0.39 is 0 Å². The highest BCUT2D eigenvalue weighted by molar-refractivity contribution is 6.00. The Morgan fingerprint density at radius 1 is 1.17 bits per heavy atom. The van der Waals surface area contributed by atoms with Gasteiger partial charge in [0, 0.05) is 65.7 Å². The van der Waals surface area contributed by atoms with Gasteiger partial charge in [-0.3, -0.25) is 9.59 Å². The summed E-state index contributed by atoms with van der Waals surface area (Å²) in [5.74, 6) is 0.124. The van der Waals surface area contributed by atoms with Crippen molar-refractivity contribution in [1.29, 1.82) is 5.26 Å². The molecule has 5 rings (SSSR count). The fourth-order valence-corrected chi connectivity index (χ4v) is 4.68. The van der Waals surface area contributed by atoms with Crippen LogP contribution < -0.4 is 10.6 Å². The van der Waals surface area contributed by atoms with Gasteiger partial charge in [0.2, 0.25) is 11.9 Å². The van der Waals surface area contributed by atoms with Gasteiger partial charge in [0.15, 0.2) is 0 Å². The number of benzene rings is 2. The van der Waals surface area contributed by atoms with E-state index in [0.717, 1.165) is 22.9 Å². The number of likely N-dealkylation sites (N-methyl/N-ethyl adjacent to an activating group) is 1. The molecule has 1 aliphatic rings. The summed E-state index contributed by atoms with van der Waals surface area (Å²) in [6, 6.07) is 16.9. The van der Waals surface area contributed by atoms with Gasteiger partial charge in [0.1, 0.15) is 6.07 Å². The lowest BCUT2D eigenvalue weighted by Crippen LogP contribution is -2.31. The lowest BCUT2D eigenvalue weighted by molar-refractivity contribution is -0.111. The standard InChI is InChI=1S/C30H30N8O2.C2H6/c1-37(2)14-5-8-27(39)34-22-11-9-20(10-12-22)29(40)38-15-13-23(19-38)35-30-33-17-21(16-31)28(36-30)25-18-32-26-7-4-3-6-24(25)26;1-2/h3-12,17-18,23,32H,13-15,19H2,1-2H3,(H,34,39)(H,33,35,36);1-2H3/b8-5+;. The number of para-hydroxylation sites is 1. The number of hydrogen-bond donors (Lipinski definition) is 3. The van der Waals surface area contributed by atoms with Crippen LogP contribution in [0, 0.1) is 11.3 Å². The van der Waals surface area contributed by atoms with Crippen LogP contribution in [0.2, 0.25) is 0 Å². The molecule has 42 heavy (non-hydrogen) atoms. The maximum atomic E-state index is 13.1. The molecule has 216 valence electrons. The second kappa shape index (κ2) is 14.1. The van der Waals surface area contributed by atoms with Crippen molar-refractivity contribution in [3.05, 3.63) is 84.2 Å². The van der Waals surface area contributed by atoms with Gasteiger partial charge in [-0.1, -0.05) is 38.1 Å².